The van der Waals surface area contributed by atoms with E-state index in [4.69, 9.17) is 4.74 Å². The summed E-state index contributed by atoms with van der Waals surface area (Å²) < 4.78 is 5.87. The molecule has 0 radical (unpaired) electrons. The summed E-state index contributed by atoms with van der Waals surface area (Å²) in [7, 11) is 1.90. The Morgan fingerprint density at radius 1 is 1.00 bits per heavy atom. The number of nitrogens with zero attached hydrogens (tertiary/aromatic N) is 3. The zero-order chi connectivity index (χ0) is 20.2. The normalized spacial score (nSPS) is 25.6. The van der Waals surface area contributed by atoms with Crippen molar-refractivity contribution >= 4 is 11.8 Å². The number of piperidine rings is 1. The highest BCUT2D eigenvalue weighted by molar-refractivity contribution is 5.94. The molecule has 0 spiro atoms. The molecule has 0 unspecified atom stereocenters. The third kappa shape index (κ3) is 4.58. The molecular weight excluding hydrogens is 366 g/mol. The zero-order valence-electron chi connectivity index (χ0n) is 17.5. The van der Waals surface area contributed by atoms with Gasteiger partial charge in [-0.05, 0) is 75.9 Å². The van der Waals surface area contributed by atoms with Gasteiger partial charge in [0.25, 0.3) is 5.91 Å². The maximum absolute atomic E-state index is 13.2. The Bertz CT molecular complexity index is 715. The first kappa shape index (κ1) is 20.2. The number of likely N-dealkylation sites (N-methyl/N-ethyl adjacent to an activating group) is 1. The zero-order valence-corrected chi connectivity index (χ0v) is 17.5. The van der Waals surface area contributed by atoms with Crippen molar-refractivity contribution in [1.82, 2.24) is 14.7 Å². The molecule has 0 aromatic heterocycles. The van der Waals surface area contributed by atoms with Gasteiger partial charge in [0.05, 0.1) is 12.1 Å². The van der Waals surface area contributed by atoms with Crippen molar-refractivity contribution in [2.24, 2.45) is 0 Å². The predicted molar refractivity (Wildman–Crippen MR) is 112 cm³/mol. The Morgan fingerprint density at radius 2 is 1.72 bits per heavy atom. The lowest BCUT2D eigenvalue weighted by Gasteiger charge is -2.43. The molecule has 4 rings (SSSR count). The van der Waals surface area contributed by atoms with E-state index in [-0.39, 0.29) is 23.9 Å². The highest BCUT2D eigenvalue weighted by Crippen LogP contribution is 2.30. The molecule has 3 heterocycles. The van der Waals surface area contributed by atoms with E-state index >= 15 is 0 Å². The number of carbonyl (C=O) groups is 2. The summed E-state index contributed by atoms with van der Waals surface area (Å²) in [5, 5.41) is 0. The SMILES string of the molecule is CN1C(=O)CCC[C@@H]2[C@H]1CCCN2C(=O)c1ccc(OCCN2CCCC2)cc1. The molecule has 0 aliphatic carbocycles. The first-order valence-electron chi connectivity index (χ1n) is 11.2. The van der Waals surface area contributed by atoms with E-state index < -0.39 is 0 Å². The van der Waals surface area contributed by atoms with Gasteiger partial charge in [0, 0.05) is 32.1 Å². The van der Waals surface area contributed by atoms with Gasteiger partial charge in [-0.25, -0.2) is 0 Å². The number of amides is 2. The van der Waals surface area contributed by atoms with Crippen molar-refractivity contribution in [2.75, 3.05) is 39.8 Å². The molecule has 2 amide bonds. The average Bonchev–Trinajstić information content (AvgIpc) is 3.22. The molecule has 6 nitrogen and oxygen atoms in total. The van der Waals surface area contributed by atoms with Crippen LogP contribution < -0.4 is 4.74 Å². The fraction of sp³-hybridized carbons (Fsp3) is 0.652. The van der Waals surface area contributed by atoms with Crippen LogP contribution in [0, 0.1) is 0 Å². The number of fused-ring (bicyclic) bond motifs is 1. The standard InChI is InChI=1S/C23H33N3O3/c1-24-20-7-5-15-26(21(20)6-4-8-22(24)27)23(28)18-9-11-19(12-10-18)29-17-16-25-13-2-3-14-25/h9-12,20-21H,2-8,13-17H2,1H3/t20-,21-/m1/s1. The molecule has 29 heavy (non-hydrogen) atoms. The summed E-state index contributed by atoms with van der Waals surface area (Å²) in [5.74, 6) is 1.10. The third-order valence-electron chi connectivity index (χ3n) is 6.76. The van der Waals surface area contributed by atoms with Crippen molar-refractivity contribution < 1.29 is 14.3 Å². The van der Waals surface area contributed by atoms with Crippen LogP contribution in [0.4, 0.5) is 0 Å². The van der Waals surface area contributed by atoms with Crippen molar-refractivity contribution in [3.63, 3.8) is 0 Å². The molecule has 158 valence electrons. The molecule has 2 atom stereocenters. The summed E-state index contributed by atoms with van der Waals surface area (Å²) in [6, 6.07) is 7.84. The van der Waals surface area contributed by atoms with Gasteiger partial charge in [-0.1, -0.05) is 0 Å². The molecule has 1 aromatic rings. The first-order valence-corrected chi connectivity index (χ1v) is 11.2. The van der Waals surface area contributed by atoms with E-state index in [2.05, 4.69) is 4.90 Å². The van der Waals surface area contributed by atoms with E-state index in [0.29, 0.717) is 18.6 Å². The number of hydrogen-bond donors (Lipinski definition) is 0. The number of carbonyl (C=O) groups excluding carboxylic acids is 2. The molecule has 1 aromatic carbocycles. The van der Waals surface area contributed by atoms with Crippen LogP contribution in [0.15, 0.2) is 24.3 Å². The van der Waals surface area contributed by atoms with E-state index in [1.807, 2.05) is 41.1 Å². The minimum absolute atomic E-state index is 0.0751. The Balaban J connectivity index is 1.37. The number of ether oxygens (including phenoxy) is 1. The number of likely N-dealkylation sites (tertiary alicyclic amines) is 3. The maximum Gasteiger partial charge on any atom is 0.254 e. The van der Waals surface area contributed by atoms with Crippen molar-refractivity contribution in [3.05, 3.63) is 29.8 Å². The lowest BCUT2D eigenvalue weighted by Crippen LogP contribution is -2.56. The topological polar surface area (TPSA) is 53.1 Å². The Kier molecular flexibility index (Phi) is 6.38. The third-order valence-corrected chi connectivity index (χ3v) is 6.76. The predicted octanol–water partition coefficient (Wildman–Crippen LogP) is 2.78. The van der Waals surface area contributed by atoms with Crippen molar-refractivity contribution in [3.8, 4) is 5.75 Å². The second-order valence-corrected chi connectivity index (χ2v) is 8.59. The molecule has 6 heteroatoms. The molecule has 3 aliphatic heterocycles. The van der Waals surface area contributed by atoms with Crippen LogP contribution in [-0.2, 0) is 4.79 Å². The van der Waals surface area contributed by atoms with Gasteiger partial charge in [-0.2, -0.15) is 0 Å². The van der Waals surface area contributed by atoms with Gasteiger partial charge in [0.1, 0.15) is 12.4 Å². The lowest BCUT2D eigenvalue weighted by atomic mass is 9.92. The fourth-order valence-corrected chi connectivity index (χ4v) is 5.07. The first-order chi connectivity index (χ1) is 14.1. The number of rotatable bonds is 5. The van der Waals surface area contributed by atoms with E-state index in [0.717, 1.165) is 44.5 Å². The summed E-state index contributed by atoms with van der Waals surface area (Å²) in [6.07, 6.45) is 6.87. The van der Waals surface area contributed by atoms with E-state index in [1.165, 1.54) is 25.9 Å². The van der Waals surface area contributed by atoms with Crippen LogP contribution in [-0.4, -0.2) is 78.4 Å². The minimum Gasteiger partial charge on any atom is -0.492 e. The van der Waals surface area contributed by atoms with E-state index in [9.17, 15) is 9.59 Å². The van der Waals surface area contributed by atoms with Crippen LogP contribution in [0.3, 0.4) is 0 Å². The van der Waals surface area contributed by atoms with Gasteiger partial charge in [-0.15, -0.1) is 0 Å². The van der Waals surface area contributed by atoms with Gasteiger partial charge >= 0.3 is 0 Å². The molecule has 0 saturated carbocycles. The molecule has 0 bridgehead atoms. The van der Waals surface area contributed by atoms with Gasteiger partial charge in [0.15, 0.2) is 0 Å². The lowest BCUT2D eigenvalue weighted by molar-refractivity contribution is -0.132. The Labute approximate surface area is 173 Å². The van der Waals surface area contributed by atoms with Crippen molar-refractivity contribution in [2.45, 2.75) is 57.0 Å². The van der Waals surface area contributed by atoms with Gasteiger partial charge in [0.2, 0.25) is 5.91 Å². The van der Waals surface area contributed by atoms with E-state index in [1.54, 1.807) is 0 Å². The highest BCUT2D eigenvalue weighted by atomic mass is 16.5. The summed E-state index contributed by atoms with van der Waals surface area (Å²) in [5.41, 5.74) is 0.704. The summed E-state index contributed by atoms with van der Waals surface area (Å²) in [6.45, 7) is 4.77. The van der Waals surface area contributed by atoms with Crippen LogP contribution in [0.25, 0.3) is 0 Å². The number of hydrogen-bond acceptors (Lipinski definition) is 4. The molecule has 0 N–H and O–H groups in total. The van der Waals surface area contributed by atoms with Crippen molar-refractivity contribution in [1.29, 1.82) is 0 Å². The second-order valence-electron chi connectivity index (χ2n) is 8.59. The number of benzene rings is 1. The Hall–Kier alpha value is -2.08. The molecule has 3 aliphatic rings. The van der Waals surface area contributed by atoms with Crippen LogP contribution in [0.2, 0.25) is 0 Å². The minimum atomic E-state index is 0.0751. The summed E-state index contributed by atoms with van der Waals surface area (Å²) in [4.78, 5) is 31.8. The van der Waals surface area contributed by atoms with Crippen LogP contribution >= 0.6 is 0 Å². The summed E-state index contributed by atoms with van der Waals surface area (Å²) >= 11 is 0. The Morgan fingerprint density at radius 3 is 2.48 bits per heavy atom. The van der Waals surface area contributed by atoms with Gasteiger partial charge in [-0.3, -0.25) is 14.5 Å². The largest absolute Gasteiger partial charge is 0.492 e. The maximum atomic E-state index is 13.2. The van der Waals surface area contributed by atoms with Crippen LogP contribution in [0.5, 0.6) is 5.75 Å². The second kappa shape index (κ2) is 9.16. The van der Waals surface area contributed by atoms with Crippen LogP contribution in [0.1, 0.15) is 55.3 Å². The molecular formula is C23H33N3O3. The molecule has 3 saturated heterocycles. The van der Waals surface area contributed by atoms with Gasteiger partial charge < -0.3 is 14.5 Å². The fourth-order valence-electron chi connectivity index (χ4n) is 5.07. The quantitative estimate of drug-likeness (QED) is 0.764. The average molecular weight is 400 g/mol. The monoisotopic (exact) mass is 399 g/mol. The smallest absolute Gasteiger partial charge is 0.254 e. The molecule has 3 fully saturated rings. The highest BCUT2D eigenvalue weighted by Gasteiger charge is 2.39.